The maximum absolute atomic E-state index is 12.0. The van der Waals surface area contributed by atoms with Gasteiger partial charge < -0.3 is 16.0 Å². The highest BCUT2D eigenvalue weighted by Crippen LogP contribution is 2.26. The van der Waals surface area contributed by atoms with Crippen molar-refractivity contribution in [3.05, 3.63) is 45.4 Å². The number of likely N-dealkylation sites (N-methyl/N-ethyl adjacent to an activating group) is 1. The summed E-state index contributed by atoms with van der Waals surface area (Å²) in [5.74, 6) is -0.0349. The molecule has 1 aromatic heterocycles. The summed E-state index contributed by atoms with van der Waals surface area (Å²) in [6, 6.07) is 7.04. The van der Waals surface area contributed by atoms with Crippen molar-refractivity contribution in [3.8, 4) is 0 Å². The minimum Gasteiger partial charge on any atom is -0.359 e. The van der Waals surface area contributed by atoms with Crippen LogP contribution in [0.4, 0.5) is 10.5 Å². The second-order valence-corrected chi connectivity index (χ2v) is 7.53. The van der Waals surface area contributed by atoms with E-state index < -0.39 is 0 Å². The van der Waals surface area contributed by atoms with Crippen molar-refractivity contribution in [1.29, 1.82) is 0 Å². The van der Waals surface area contributed by atoms with Gasteiger partial charge in [-0.25, -0.2) is 9.78 Å². The number of nitrogens with one attached hydrogen (secondary N) is 3. The van der Waals surface area contributed by atoms with Crippen LogP contribution in [0.3, 0.4) is 0 Å². The van der Waals surface area contributed by atoms with E-state index in [0.29, 0.717) is 18.7 Å². The maximum Gasteiger partial charge on any atom is 0.319 e. The number of amides is 3. The van der Waals surface area contributed by atoms with E-state index in [-0.39, 0.29) is 11.9 Å². The average molecular weight is 372 g/mol. The maximum atomic E-state index is 12.0. The number of aryl methyl sites for hydroxylation is 2. The molecule has 0 spiro atoms. The Kier molecular flexibility index (Phi) is 6.22. The van der Waals surface area contributed by atoms with Crippen LogP contribution in [0.15, 0.2) is 24.3 Å². The molecule has 3 N–H and O–H groups in total. The first kappa shape index (κ1) is 18.4. The SMILES string of the molecule is CNC(=O)Cc1ccc(NC(=O)NCCc2nc3c(s2)CCCC3)cc1. The minimum absolute atomic E-state index is 0.0349. The molecule has 3 rings (SSSR count). The van der Waals surface area contributed by atoms with E-state index >= 15 is 0 Å². The van der Waals surface area contributed by atoms with Crippen LogP contribution in [0.2, 0.25) is 0 Å². The highest BCUT2D eigenvalue weighted by Gasteiger charge is 2.14. The van der Waals surface area contributed by atoms with Gasteiger partial charge in [-0.05, 0) is 43.4 Å². The van der Waals surface area contributed by atoms with E-state index in [9.17, 15) is 9.59 Å². The lowest BCUT2D eigenvalue weighted by atomic mass is 10.0. The van der Waals surface area contributed by atoms with Crippen LogP contribution in [-0.4, -0.2) is 30.5 Å². The molecular formula is C19H24N4O2S. The molecule has 0 saturated heterocycles. The predicted molar refractivity (Wildman–Crippen MR) is 104 cm³/mol. The summed E-state index contributed by atoms with van der Waals surface area (Å²) >= 11 is 1.78. The first-order valence-electron chi connectivity index (χ1n) is 8.96. The normalized spacial score (nSPS) is 13.0. The van der Waals surface area contributed by atoms with E-state index in [0.717, 1.165) is 29.8 Å². The number of thiazole rings is 1. The minimum atomic E-state index is -0.231. The number of anilines is 1. The van der Waals surface area contributed by atoms with Crippen molar-refractivity contribution in [2.24, 2.45) is 0 Å². The zero-order chi connectivity index (χ0) is 18.4. The van der Waals surface area contributed by atoms with Crippen LogP contribution in [-0.2, 0) is 30.5 Å². The zero-order valence-corrected chi connectivity index (χ0v) is 15.7. The second kappa shape index (κ2) is 8.80. The van der Waals surface area contributed by atoms with Gasteiger partial charge in [0, 0.05) is 30.6 Å². The van der Waals surface area contributed by atoms with Crippen LogP contribution >= 0.6 is 11.3 Å². The molecule has 0 bridgehead atoms. The fourth-order valence-corrected chi connectivity index (χ4v) is 4.11. The molecule has 6 nitrogen and oxygen atoms in total. The van der Waals surface area contributed by atoms with Crippen molar-refractivity contribution < 1.29 is 9.59 Å². The molecule has 1 aliphatic carbocycles. The van der Waals surface area contributed by atoms with Gasteiger partial charge in [-0.1, -0.05) is 12.1 Å². The third kappa shape index (κ3) is 5.05. The Morgan fingerprint density at radius 1 is 1.15 bits per heavy atom. The summed E-state index contributed by atoms with van der Waals surface area (Å²) < 4.78 is 0. The molecule has 0 saturated carbocycles. The molecular weight excluding hydrogens is 348 g/mol. The zero-order valence-electron chi connectivity index (χ0n) is 14.9. The van der Waals surface area contributed by atoms with Crippen molar-refractivity contribution in [2.75, 3.05) is 18.9 Å². The topological polar surface area (TPSA) is 83.1 Å². The van der Waals surface area contributed by atoms with Gasteiger partial charge in [0.2, 0.25) is 5.91 Å². The quantitative estimate of drug-likeness (QED) is 0.729. The third-order valence-electron chi connectivity index (χ3n) is 4.37. The highest BCUT2D eigenvalue weighted by atomic mass is 32.1. The number of rotatable bonds is 6. The predicted octanol–water partition coefficient (Wildman–Crippen LogP) is 2.67. The fraction of sp³-hybridized carbons (Fsp3) is 0.421. The van der Waals surface area contributed by atoms with Crippen LogP contribution in [0, 0.1) is 0 Å². The largest absolute Gasteiger partial charge is 0.359 e. The molecule has 3 amide bonds. The first-order valence-corrected chi connectivity index (χ1v) is 9.77. The van der Waals surface area contributed by atoms with Crippen molar-refractivity contribution >= 4 is 29.0 Å². The molecule has 7 heteroatoms. The number of urea groups is 1. The van der Waals surface area contributed by atoms with E-state index in [1.807, 2.05) is 12.1 Å². The Morgan fingerprint density at radius 3 is 2.65 bits per heavy atom. The van der Waals surface area contributed by atoms with Crippen LogP contribution in [0.25, 0.3) is 0 Å². The summed E-state index contributed by atoms with van der Waals surface area (Å²) in [7, 11) is 1.61. The van der Waals surface area contributed by atoms with Gasteiger partial charge in [0.05, 0.1) is 17.1 Å². The Morgan fingerprint density at radius 2 is 1.92 bits per heavy atom. The molecule has 0 atom stereocenters. The van der Waals surface area contributed by atoms with Crippen molar-refractivity contribution in [2.45, 2.75) is 38.5 Å². The Labute approximate surface area is 157 Å². The number of benzene rings is 1. The Hall–Kier alpha value is -2.41. The molecule has 26 heavy (non-hydrogen) atoms. The number of hydrogen-bond acceptors (Lipinski definition) is 4. The lowest BCUT2D eigenvalue weighted by molar-refractivity contribution is -0.119. The lowest BCUT2D eigenvalue weighted by Crippen LogP contribution is -2.30. The summed E-state index contributed by atoms with van der Waals surface area (Å²) in [6.07, 6.45) is 5.83. The molecule has 1 aliphatic rings. The highest BCUT2D eigenvalue weighted by molar-refractivity contribution is 7.11. The standard InChI is InChI=1S/C19H24N4O2S/c1-20-17(24)12-13-6-8-14(9-7-13)22-19(25)21-11-10-18-23-15-4-2-3-5-16(15)26-18/h6-9H,2-5,10-12H2,1H3,(H,20,24)(H2,21,22,25). The summed E-state index contributed by atoms with van der Waals surface area (Å²) in [5, 5.41) is 9.37. The van der Waals surface area contributed by atoms with E-state index in [2.05, 4.69) is 20.9 Å². The molecule has 1 heterocycles. The molecule has 0 unspecified atom stereocenters. The first-order chi connectivity index (χ1) is 12.6. The van der Waals surface area contributed by atoms with Gasteiger partial charge in [-0.3, -0.25) is 4.79 Å². The van der Waals surface area contributed by atoms with Crippen molar-refractivity contribution in [3.63, 3.8) is 0 Å². The molecule has 0 fully saturated rings. The van der Waals surface area contributed by atoms with Gasteiger partial charge in [-0.2, -0.15) is 0 Å². The Bertz CT molecular complexity index is 747. The fourth-order valence-electron chi connectivity index (χ4n) is 2.95. The van der Waals surface area contributed by atoms with Crippen LogP contribution in [0.5, 0.6) is 0 Å². The van der Waals surface area contributed by atoms with Gasteiger partial charge in [-0.15, -0.1) is 11.3 Å². The van der Waals surface area contributed by atoms with Gasteiger partial charge in [0.25, 0.3) is 0 Å². The number of hydrogen-bond donors (Lipinski definition) is 3. The second-order valence-electron chi connectivity index (χ2n) is 6.36. The van der Waals surface area contributed by atoms with E-state index in [1.165, 1.54) is 23.4 Å². The van der Waals surface area contributed by atoms with Gasteiger partial charge >= 0.3 is 6.03 Å². The van der Waals surface area contributed by atoms with E-state index in [4.69, 9.17) is 0 Å². The van der Waals surface area contributed by atoms with E-state index in [1.54, 1.807) is 30.5 Å². The molecule has 138 valence electrons. The van der Waals surface area contributed by atoms with Crippen molar-refractivity contribution in [1.82, 2.24) is 15.6 Å². The summed E-state index contributed by atoms with van der Waals surface area (Å²) in [5.41, 5.74) is 2.87. The third-order valence-corrected chi connectivity index (χ3v) is 5.59. The number of fused-ring (bicyclic) bond motifs is 1. The smallest absolute Gasteiger partial charge is 0.319 e. The Balaban J connectivity index is 1.42. The van der Waals surface area contributed by atoms with Crippen LogP contribution < -0.4 is 16.0 Å². The molecule has 1 aromatic carbocycles. The monoisotopic (exact) mass is 372 g/mol. The average Bonchev–Trinajstić information content (AvgIpc) is 3.06. The lowest BCUT2D eigenvalue weighted by Gasteiger charge is -2.08. The molecule has 0 aliphatic heterocycles. The molecule has 2 aromatic rings. The number of carbonyl (C=O) groups is 2. The molecule has 0 radical (unpaired) electrons. The van der Waals surface area contributed by atoms with Gasteiger partial charge in [0.15, 0.2) is 0 Å². The summed E-state index contributed by atoms with van der Waals surface area (Å²) in [6.45, 7) is 0.562. The van der Waals surface area contributed by atoms with Crippen LogP contribution in [0.1, 0.15) is 34.0 Å². The summed E-state index contributed by atoms with van der Waals surface area (Å²) in [4.78, 5) is 29.5. The van der Waals surface area contributed by atoms with Gasteiger partial charge in [0.1, 0.15) is 0 Å². The number of carbonyl (C=O) groups excluding carboxylic acids is 2. The number of nitrogens with zero attached hydrogens (tertiary/aromatic N) is 1. The number of aromatic nitrogens is 1.